The molecule has 0 aliphatic carbocycles. The third-order valence-electron chi connectivity index (χ3n) is 4.22. The van der Waals surface area contributed by atoms with Crippen molar-refractivity contribution < 1.29 is 4.74 Å². The first kappa shape index (κ1) is 16.5. The highest BCUT2D eigenvalue weighted by Crippen LogP contribution is 2.18. The molecule has 8 nitrogen and oxygen atoms in total. The molecule has 1 saturated heterocycles. The second-order valence-corrected chi connectivity index (χ2v) is 6.10. The molecular weight excluding hydrogens is 330 g/mol. The van der Waals surface area contributed by atoms with Crippen molar-refractivity contribution in [2.24, 2.45) is 0 Å². The third kappa shape index (κ3) is 3.81. The molecule has 4 rings (SSSR count). The molecule has 3 N–H and O–H groups in total. The van der Waals surface area contributed by atoms with E-state index in [0.29, 0.717) is 11.8 Å². The lowest BCUT2D eigenvalue weighted by molar-refractivity contribution is 0.0342. The average molecular weight is 351 g/mol. The van der Waals surface area contributed by atoms with Crippen molar-refractivity contribution in [2.75, 3.05) is 37.4 Å². The number of anilines is 3. The highest BCUT2D eigenvalue weighted by Gasteiger charge is 2.12. The zero-order chi connectivity index (χ0) is 17.8. The van der Waals surface area contributed by atoms with Crippen LogP contribution in [0.25, 0.3) is 5.82 Å². The van der Waals surface area contributed by atoms with Gasteiger partial charge in [-0.15, -0.1) is 5.10 Å². The Labute approximate surface area is 151 Å². The molecule has 0 spiro atoms. The van der Waals surface area contributed by atoms with Crippen LogP contribution in [-0.4, -0.2) is 51.0 Å². The van der Waals surface area contributed by atoms with E-state index in [-0.39, 0.29) is 5.95 Å². The first-order chi connectivity index (χ1) is 12.8. The lowest BCUT2D eigenvalue weighted by Gasteiger charge is -2.26. The van der Waals surface area contributed by atoms with Crippen molar-refractivity contribution in [3.05, 3.63) is 54.2 Å². The van der Waals surface area contributed by atoms with Gasteiger partial charge in [-0.3, -0.25) is 4.90 Å². The van der Waals surface area contributed by atoms with Gasteiger partial charge >= 0.3 is 0 Å². The van der Waals surface area contributed by atoms with E-state index >= 15 is 0 Å². The summed E-state index contributed by atoms with van der Waals surface area (Å²) in [6.07, 6.45) is 1.69. The summed E-state index contributed by atoms with van der Waals surface area (Å²) in [6.45, 7) is 4.52. The van der Waals surface area contributed by atoms with Gasteiger partial charge < -0.3 is 15.8 Å². The molecule has 0 atom stereocenters. The quantitative estimate of drug-likeness (QED) is 0.724. The van der Waals surface area contributed by atoms with E-state index in [9.17, 15) is 0 Å². The maximum absolute atomic E-state index is 5.95. The van der Waals surface area contributed by atoms with E-state index < -0.39 is 0 Å². The zero-order valence-electron chi connectivity index (χ0n) is 14.4. The topological polar surface area (TPSA) is 94.1 Å². The summed E-state index contributed by atoms with van der Waals surface area (Å²) < 4.78 is 6.89. The molecule has 0 radical (unpaired) electrons. The number of ether oxygens (including phenoxy) is 1. The monoisotopic (exact) mass is 351 g/mol. The van der Waals surface area contributed by atoms with Gasteiger partial charge in [0, 0.05) is 31.5 Å². The average Bonchev–Trinajstić information content (AvgIpc) is 3.05. The van der Waals surface area contributed by atoms with Crippen molar-refractivity contribution in [3.63, 3.8) is 0 Å². The molecule has 0 bridgehead atoms. The van der Waals surface area contributed by atoms with Crippen LogP contribution in [0.4, 0.5) is 17.6 Å². The third-order valence-corrected chi connectivity index (χ3v) is 4.22. The zero-order valence-corrected chi connectivity index (χ0v) is 14.4. The van der Waals surface area contributed by atoms with Gasteiger partial charge in [0.2, 0.25) is 11.9 Å². The van der Waals surface area contributed by atoms with E-state index in [1.807, 2.05) is 30.3 Å². The number of pyridine rings is 1. The largest absolute Gasteiger partial charge is 0.379 e. The van der Waals surface area contributed by atoms with Gasteiger partial charge in [0.15, 0.2) is 5.82 Å². The van der Waals surface area contributed by atoms with Crippen molar-refractivity contribution in [3.8, 4) is 5.82 Å². The second-order valence-electron chi connectivity index (χ2n) is 6.10. The fourth-order valence-electron chi connectivity index (χ4n) is 2.86. The number of hydrogen-bond acceptors (Lipinski definition) is 7. The highest BCUT2D eigenvalue weighted by molar-refractivity contribution is 5.55. The summed E-state index contributed by atoms with van der Waals surface area (Å²) in [6, 6.07) is 13.8. The Morgan fingerprint density at radius 1 is 1.08 bits per heavy atom. The molecule has 8 heteroatoms. The number of hydrogen-bond donors (Lipinski definition) is 2. The number of nitrogens with one attached hydrogen (secondary N) is 1. The number of morpholine rings is 1. The number of nitrogens with zero attached hydrogens (tertiary/aromatic N) is 5. The van der Waals surface area contributed by atoms with Gasteiger partial charge in [-0.2, -0.15) is 9.67 Å². The fraction of sp³-hybridized carbons (Fsp3) is 0.278. The molecule has 0 saturated carbocycles. The molecule has 3 heterocycles. The minimum Gasteiger partial charge on any atom is -0.379 e. The highest BCUT2D eigenvalue weighted by atomic mass is 16.5. The SMILES string of the molecule is Nc1nc(Nc2ccc(CN3CCOCC3)cc2)nn1-c1ccccn1. The standard InChI is InChI=1S/C18H21N7O/c19-17-22-18(23-25(17)16-3-1-2-8-20-16)21-15-6-4-14(5-7-15)13-24-9-11-26-12-10-24/h1-8H,9-13H2,(H3,19,21,22,23). The summed E-state index contributed by atoms with van der Waals surface area (Å²) in [5, 5.41) is 7.56. The molecule has 3 aromatic rings. The molecule has 1 aromatic carbocycles. The van der Waals surface area contributed by atoms with Crippen LogP contribution in [0.5, 0.6) is 0 Å². The Balaban J connectivity index is 1.43. The Bertz CT molecular complexity index is 842. The minimum absolute atomic E-state index is 0.287. The van der Waals surface area contributed by atoms with Crippen LogP contribution in [0.2, 0.25) is 0 Å². The maximum Gasteiger partial charge on any atom is 0.248 e. The first-order valence-electron chi connectivity index (χ1n) is 8.58. The van der Waals surface area contributed by atoms with Gasteiger partial charge in [-0.25, -0.2) is 4.98 Å². The van der Waals surface area contributed by atoms with E-state index in [4.69, 9.17) is 10.5 Å². The van der Waals surface area contributed by atoms with E-state index in [1.165, 1.54) is 10.2 Å². The summed E-state index contributed by atoms with van der Waals surface area (Å²) >= 11 is 0. The van der Waals surface area contributed by atoms with Gasteiger partial charge in [0.05, 0.1) is 13.2 Å². The molecule has 2 aromatic heterocycles. The maximum atomic E-state index is 5.95. The number of benzene rings is 1. The Morgan fingerprint density at radius 2 is 1.88 bits per heavy atom. The smallest absolute Gasteiger partial charge is 0.248 e. The summed E-state index contributed by atoms with van der Waals surface area (Å²) in [5.41, 5.74) is 8.13. The first-order valence-corrected chi connectivity index (χ1v) is 8.58. The van der Waals surface area contributed by atoms with Crippen LogP contribution >= 0.6 is 0 Å². The number of nitrogen functional groups attached to an aromatic ring is 1. The van der Waals surface area contributed by atoms with Crippen LogP contribution in [0.15, 0.2) is 48.7 Å². The molecule has 134 valence electrons. The lowest BCUT2D eigenvalue weighted by atomic mass is 10.2. The Morgan fingerprint density at radius 3 is 2.62 bits per heavy atom. The number of nitrogens with two attached hydrogens (primary N) is 1. The molecular formula is C18H21N7O. The number of aromatic nitrogens is 4. The van der Waals surface area contributed by atoms with Gasteiger partial charge in [-0.1, -0.05) is 18.2 Å². The normalized spacial score (nSPS) is 15.1. The Kier molecular flexibility index (Phi) is 4.76. The van der Waals surface area contributed by atoms with Gasteiger partial charge in [-0.05, 0) is 29.8 Å². The summed E-state index contributed by atoms with van der Waals surface area (Å²) in [5.74, 6) is 1.36. The van der Waals surface area contributed by atoms with Crippen molar-refractivity contribution in [1.29, 1.82) is 0 Å². The molecule has 1 aliphatic heterocycles. The molecule has 1 aliphatic rings. The van der Waals surface area contributed by atoms with Crippen LogP contribution < -0.4 is 11.1 Å². The van der Waals surface area contributed by atoms with Crippen LogP contribution in [0, 0.1) is 0 Å². The molecule has 0 amide bonds. The summed E-state index contributed by atoms with van der Waals surface area (Å²) in [7, 11) is 0. The van der Waals surface area contributed by atoms with Crippen molar-refractivity contribution >= 4 is 17.6 Å². The van der Waals surface area contributed by atoms with Crippen molar-refractivity contribution in [2.45, 2.75) is 6.54 Å². The van der Waals surface area contributed by atoms with E-state index in [0.717, 1.165) is 38.5 Å². The minimum atomic E-state index is 0.287. The predicted octanol–water partition coefficient (Wildman–Crippen LogP) is 1.82. The predicted molar refractivity (Wildman–Crippen MR) is 99.4 cm³/mol. The van der Waals surface area contributed by atoms with E-state index in [2.05, 4.69) is 37.4 Å². The lowest BCUT2D eigenvalue weighted by Crippen LogP contribution is -2.35. The molecule has 1 fully saturated rings. The van der Waals surface area contributed by atoms with Crippen LogP contribution in [0.3, 0.4) is 0 Å². The summed E-state index contributed by atoms with van der Waals surface area (Å²) in [4.78, 5) is 10.9. The van der Waals surface area contributed by atoms with Gasteiger partial charge in [0.1, 0.15) is 0 Å². The molecule has 0 unspecified atom stereocenters. The van der Waals surface area contributed by atoms with Gasteiger partial charge in [0.25, 0.3) is 0 Å². The molecule has 26 heavy (non-hydrogen) atoms. The van der Waals surface area contributed by atoms with E-state index in [1.54, 1.807) is 6.20 Å². The second kappa shape index (κ2) is 7.51. The van der Waals surface area contributed by atoms with Crippen LogP contribution in [0.1, 0.15) is 5.56 Å². The van der Waals surface area contributed by atoms with Crippen LogP contribution in [-0.2, 0) is 11.3 Å². The van der Waals surface area contributed by atoms with Crippen molar-refractivity contribution in [1.82, 2.24) is 24.6 Å². The fourth-order valence-corrected chi connectivity index (χ4v) is 2.86. The number of rotatable bonds is 5. The Hall–Kier alpha value is -2.97.